The zero-order chi connectivity index (χ0) is 11.2. The van der Waals surface area contributed by atoms with Gasteiger partial charge in [0.2, 0.25) is 0 Å². The monoisotopic (exact) mass is 206 g/mol. The summed E-state index contributed by atoms with van der Waals surface area (Å²) in [6, 6.07) is 0. The first-order valence-corrected chi connectivity index (χ1v) is 4.84. The van der Waals surface area contributed by atoms with Gasteiger partial charge in [-0.15, -0.1) is 0 Å². The third kappa shape index (κ3) is 3.18. The van der Waals surface area contributed by atoms with Crippen LogP contribution in [-0.4, -0.2) is 46.2 Å². The molecule has 1 unspecified atom stereocenters. The van der Waals surface area contributed by atoms with Crippen LogP contribution in [0.3, 0.4) is 0 Å². The van der Waals surface area contributed by atoms with Gasteiger partial charge in [0.1, 0.15) is 0 Å². The van der Waals surface area contributed by atoms with Crippen LogP contribution in [0.1, 0.15) is 26.2 Å². The molecular weight excluding hydrogens is 184 g/mol. The average Bonchev–Trinajstić information content (AvgIpc) is 2.04. The van der Waals surface area contributed by atoms with Crippen molar-refractivity contribution in [1.82, 2.24) is 0 Å². The van der Waals surface area contributed by atoms with E-state index in [4.69, 9.17) is 26.8 Å². The van der Waals surface area contributed by atoms with Crippen LogP contribution in [0.5, 0.6) is 0 Å². The number of aliphatic hydroxyl groups excluding tert-OH is 3. The number of hydrogen-bond donors (Lipinski definition) is 5. The molecule has 5 heteroatoms. The summed E-state index contributed by atoms with van der Waals surface area (Å²) in [6.07, 6.45) is 0.991. The Morgan fingerprint density at radius 1 is 0.857 bits per heavy atom. The fraction of sp³-hybridized carbons (Fsp3) is 1.00. The van der Waals surface area contributed by atoms with E-state index in [2.05, 4.69) is 0 Å². The number of hydrogen-bond acceptors (Lipinski definition) is 5. The molecular formula is C9H22N2O3. The molecule has 5 nitrogen and oxygen atoms in total. The van der Waals surface area contributed by atoms with Crippen LogP contribution in [0.25, 0.3) is 0 Å². The lowest BCUT2D eigenvalue weighted by molar-refractivity contribution is 0.110. The van der Waals surface area contributed by atoms with Gasteiger partial charge in [0, 0.05) is 30.9 Å². The Hall–Kier alpha value is -0.200. The summed E-state index contributed by atoms with van der Waals surface area (Å²) < 4.78 is 0. The minimum absolute atomic E-state index is 0.0528. The lowest BCUT2D eigenvalue weighted by atomic mass is 9.73. The average molecular weight is 206 g/mol. The molecule has 0 aliphatic rings. The number of rotatable bonds is 7. The van der Waals surface area contributed by atoms with Gasteiger partial charge in [0.05, 0.1) is 0 Å². The molecule has 0 saturated carbocycles. The molecule has 0 rings (SSSR count). The molecule has 0 aromatic carbocycles. The van der Waals surface area contributed by atoms with E-state index < -0.39 is 11.1 Å². The van der Waals surface area contributed by atoms with Crippen molar-refractivity contribution in [3.63, 3.8) is 0 Å². The predicted octanol–water partition coefficient (Wildman–Crippen LogP) is -1.45. The molecule has 0 aliphatic heterocycles. The summed E-state index contributed by atoms with van der Waals surface area (Å²) in [5, 5.41) is 26.6. The van der Waals surface area contributed by atoms with Crippen LogP contribution in [0.4, 0.5) is 0 Å². The third-order valence-corrected chi connectivity index (χ3v) is 2.88. The van der Waals surface area contributed by atoms with Gasteiger partial charge in [-0.3, -0.25) is 0 Å². The second kappa shape index (κ2) is 5.63. The van der Waals surface area contributed by atoms with Crippen molar-refractivity contribution >= 4 is 0 Å². The van der Waals surface area contributed by atoms with Crippen LogP contribution in [-0.2, 0) is 0 Å². The maximum atomic E-state index is 8.88. The van der Waals surface area contributed by atoms with Gasteiger partial charge in [0.15, 0.2) is 0 Å². The van der Waals surface area contributed by atoms with Crippen molar-refractivity contribution < 1.29 is 15.3 Å². The molecule has 0 spiro atoms. The highest BCUT2D eigenvalue weighted by Crippen LogP contribution is 2.27. The van der Waals surface area contributed by atoms with Crippen LogP contribution < -0.4 is 11.5 Å². The lowest BCUT2D eigenvalue weighted by Gasteiger charge is -2.43. The first-order valence-electron chi connectivity index (χ1n) is 4.84. The SMILES string of the molecule is CC(N)(CCO)C(N)(CCO)CCO. The third-order valence-electron chi connectivity index (χ3n) is 2.88. The van der Waals surface area contributed by atoms with Crippen molar-refractivity contribution in [2.75, 3.05) is 19.8 Å². The molecule has 0 aliphatic carbocycles. The maximum absolute atomic E-state index is 8.88. The largest absolute Gasteiger partial charge is 0.396 e. The maximum Gasteiger partial charge on any atom is 0.0449 e. The summed E-state index contributed by atoms with van der Waals surface area (Å²) in [5.41, 5.74) is 10.4. The topological polar surface area (TPSA) is 113 Å². The normalized spacial score (nSPS) is 16.7. The second-order valence-electron chi connectivity index (χ2n) is 3.99. The highest BCUT2D eigenvalue weighted by Gasteiger charge is 2.40. The molecule has 0 aromatic heterocycles. The van der Waals surface area contributed by atoms with E-state index in [9.17, 15) is 0 Å². The van der Waals surface area contributed by atoms with Gasteiger partial charge < -0.3 is 26.8 Å². The van der Waals surface area contributed by atoms with Gasteiger partial charge in [-0.05, 0) is 26.2 Å². The molecule has 0 bridgehead atoms. The molecule has 86 valence electrons. The van der Waals surface area contributed by atoms with E-state index in [0.29, 0.717) is 19.3 Å². The Morgan fingerprint density at radius 2 is 1.21 bits per heavy atom. The summed E-state index contributed by atoms with van der Waals surface area (Å²) in [5.74, 6) is 0. The van der Waals surface area contributed by atoms with Crippen LogP contribution >= 0.6 is 0 Å². The highest BCUT2D eigenvalue weighted by molar-refractivity contribution is 5.03. The van der Waals surface area contributed by atoms with E-state index in [-0.39, 0.29) is 19.8 Å². The number of nitrogens with two attached hydrogens (primary N) is 2. The van der Waals surface area contributed by atoms with E-state index in [1.165, 1.54) is 0 Å². The minimum Gasteiger partial charge on any atom is -0.396 e. The molecule has 7 N–H and O–H groups in total. The standard InChI is InChI=1S/C9H22N2O3/c1-8(10,2-5-12)9(11,3-6-13)4-7-14/h12-14H,2-7,10-11H2,1H3. The second-order valence-corrected chi connectivity index (χ2v) is 3.99. The Balaban J connectivity index is 4.59. The van der Waals surface area contributed by atoms with Crippen molar-refractivity contribution in [2.45, 2.75) is 37.3 Å². The smallest absolute Gasteiger partial charge is 0.0449 e. The molecule has 0 saturated heterocycles. The Labute approximate surface area is 84.7 Å². The minimum atomic E-state index is -0.834. The van der Waals surface area contributed by atoms with Crippen molar-refractivity contribution in [3.8, 4) is 0 Å². The Morgan fingerprint density at radius 3 is 1.50 bits per heavy atom. The molecule has 14 heavy (non-hydrogen) atoms. The molecule has 1 atom stereocenters. The van der Waals surface area contributed by atoms with Gasteiger partial charge in [-0.25, -0.2) is 0 Å². The van der Waals surface area contributed by atoms with Crippen LogP contribution in [0.2, 0.25) is 0 Å². The molecule has 0 aromatic rings. The van der Waals surface area contributed by atoms with E-state index in [1.54, 1.807) is 6.92 Å². The van der Waals surface area contributed by atoms with Gasteiger partial charge in [-0.1, -0.05) is 0 Å². The van der Waals surface area contributed by atoms with Crippen molar-refractivity contribution in [1.29, 1.82) is 0 Å². The zero-order valence-electron chi connectivity index (χ0n) is 8.74. The first kappa shape index (κ1) is 13.8. The molecule has 0 heterocycles. The molecule has 0 fully saturated rings. The fourth-order valence-electron chi connectivity index (χ4n) is 1.58. The van der Waals surface area contributed by atoms with Gasteiger partial charge in [-0.2, -0.15) is 0 Å². The summed E-state index contributed by atoms with van der Waals surface area (Å²) in [7, 11) is 0. The van der Waals surface area contributed by atoms with Crippen molar-refractivity contribution in [3.05, 3.63) is 0 Å². The van der Waals surface area contributed by atoms with Gasteiger partial charge >= 0.3 is 0 Å². The highest BCUT2D eigenvalue weighted by atomic mass is 16.3. The van der Waals surface area contributed by atoms with E-state index in [0.717, 1.165) is 0 Å². The van der Waals surface area contributed by atoms with E-state index >= 15 is 0 Å². The van der Waals surface area contributed by atoms with Crippen LogP contribution in [0, 0.1) is 0 Å². The summed E-state index contributed by atoms with van der Waals surface area (Å²) in [6.45, 7) is 1.53. The fourth-order valence-corrected chi connectivity index (χ4v) is 1.58. The zero-order valence-corrected chi connectivity index (χ0v) is 8.74. The molecule has 0 amide bonds. The Bertz CT molecular complexity index is 156. The summed E-state index contributed by atoms with van der Waals surface area (Å²) >= 11 is 0. The van der Waals surface area contributed by atoms with Crippen molar-refractivity contribution in [2.24, 2.45) is 11.5 Å². The quantitative estimate of drug-likeness (QED) is 0.350. The Kier molecular flexibility index (Phi) is 5.54. The first-order chi connectivity index (χ1) is 6.43. The molecule has 0 radical (unpaired) electrons. The predicted molar refractivity (Wildman–Crippen MR) is 54.6 cm³/mol. The summed E-state index contributed by atoms with van der Waals surface area (Å²) in [4.78, 5) is 0. The lowest BCUT2D eigenvalue weighted by Crippen LogP contribution is -2.65. The van der Waals surface area contributed by atoms with E-state index in [1.807, 2.05) is 0 Å². The van der Waals surface area contributed by atoms with Gasteiger partial charge in [0.25, 0.3) is 0 Å². The number of aliphatic hydroxyl groups is 3. The van der Waals surface area contributed by atoms with Crippen LogP contribution in [0.15, 0.2) is 0 Å².